The number of carbonyl (C=O) groups is 1. The lowest BCUT2D eigenvalue weighted by molar-refractivity contribution is 0.0513. The first kappa shape index (κ1) is 20.9. The van der Waals surface area contributed by atoms with E-state index in [9.17, 15) is 18.4 Å². The van der Waals surface area contributed by atoms with Gasteiger partial charge in [-0.05, 0) is 36.6 Å². The van der Waals surface area contributed by atoms with Crippen LogP contribution in [0.15, 0.2) is 28.6 Å². The van der Waals surface area contributed by atoms with Gasteiger partial charge in [-0.25, -0.2) is 18.1 Å². The van der Waals surface area contributed by atoms with Gasteiger partial charge in [0.1, 0.15) is 6.67 Å². The van der Waals surface area contributed by atoms with E-state index in [1.54, 1.807) is 36.2 Å². The lowest BCUT2D eigenvalue weighted by Crippen LogP contribution is -2.52. The van der Waals surface area contributed by atoms with Gasteiger partial charge in [0, 0.05) is 24.0 Å². The van der Waals surface area contributed by atoms with Crippen molar-refractivity contribution in [2.45, 2.75) is 10.6 Å². The molecular formula is C15H18ClN5O5S2. The summed E-state index contributed by atoms with van der Waals surface area (Å²) in [5.41, 5.74) is 0.503. The van der Waals surface area contributed by atoms with Gasteiger partial charge >= 0.3 is 11.2 Å². The maximum atomic E-state index is 13.4. The molecule has 1 aromatic heterocycles. The Morgan fingerprint density at radius 2 is 2.18 bits per heavy atom. The number of aromatic nitrogens is 2. The first-order valence-electron chi connectivity index (χ1n) is 8.02. The Balaban J connectivity index is 1.83. The van der Waals surface area contributed by atoms with Gasteiger partial charge in [0.25, 0.3) is 6.23 Å². The maximum Gasteiger partial charge on any atom is 0.418 e. The maximum absolute atomic E-state index is 13.4. The van der Waals surface area contributed by atoms with Gasteiger partial charge in [-0.2, -0.15) is 0 Å². The second-order valence-electron chi connectivity index (χ2n) is 6.48. The van der Waals surface area contributed by atoms with Crippen molar-refractivity contribution in [3.05, 3.63) is 34.5 Å². The number of amides is 1. The molecule has 1 saturated heterocycles. The van der Waals surface area contributed by atoms with E-state index in [0.29, 0.717) is 22.0 Å². The van der Waals surface area contributed by atoms with Crippen LogP contribution in [0.2, 0.25) is 5.02 Å². The van der Waals surface area contributed by atoms with Gasteiger partial charge in [0.05, 0.1) is 6.54 Å². The number of likely N-dealkylation sites (N-methyl/N-ethyl adjacent to an activating group) is 1. The minimum absolute atomic E-state index is 0.0583. The molecule has 1 amide bonds. The quantitative estimate of drug-likeness (QED) is 0.515. The number of ether oxygens (including phenoxy) is 1. The van der Waals surface area contributed by atoms with Crippen LogP contribution in [-0.2, 0) is 14.6 Å². The Morgan fingerprint density at radius 1 is 1.46 bits per heavy atom. The van der Waals surface area contributed by atoms with E-state index in [-0.39, 0.29) is 22.7 Å². The molecule has 0 spiro atoms. The Bertz CT molecular complexity index is 1000. The van der Waals surface area contributed by atoms with Gasteiger partial charge in [-0.1, -0.05) is 22.8 Å². The summed E-state index contributed by atoms with van der Waals surface area (Å²) in [5, 5.41) is 21.1. The second-order valence-corrected chi connectivity index (χ2v) is 10.1. The number of quaternary nitrogens is 1. The Hall–Kier alpha value is -1.83. The average Bonchev–Trinajstić information content (AvgIpc) is 3.20. The summed E-state index contributed by atoms with van der Waals surface area (Å²) in [6.07, 6.45) is -0.881. The van der Waals surface area contributed by atoms with Crippen molar-refractivity contribution in [2.75, 3.05) is 38.5 Å². The summed E-state index contributed by atoms with van der Waals surface area (Å²) in [7, 11) is -0.401. The summed E-state index contributed by atoms with van der Waals surface area (Å²) in [5.74, 6) is 0. The molecule has 1 aromatic carbocycles. The van der Waals surface area contributed by atoms with Crippen LogP contribution in [0.25, 0.3) is 0 Å². The normalized spacial score (nSPS) is 23.0. The Labute approximate surface area is 171 Å². The van der Waals surface area contributed by atoms with E-state index in [1.165, 1.54) is 11.9 Å². The van der Waals surface area contributed by atoms with Crippen LogP contribution in [-0.4, -0.2) is 69.4 Å². The standard InChI is InChI=1S/C15H18ClN5O5S2/c1-19-8-12(26-15(22)20(2)11-6-4-5-10(16)7-11)21(23,9-19)13-17-18-14(27-13)28(3,24)25/h4-7,12H,8-9H2,1-3H3. The number of sulfone groups is 1. The van der Waals surface area contributed by atoms with Crippen LogP contribution >= 0.6 is 22.9 Å². The number of hydroxylamine groups is 2. The van der Waals surface area contributed by atoms with Crippen LogP contribution in [0, 0.1) is 5.21 Å². The summed E-state index contributed by atoms with van der Waals surface area (Å²) in [6.45, 7) is 0.101. The largest absolute Gasteiger partial charge is 0.622 e. The van der Waals surface area contributed by atoms with Gasteiger partial charge < -0.3 is 9.94 Å². The monoisotopic (exact) mass is 447 g/mol. The predicted octanol–water partition coefficient (Wildman–Crippen LogP) is 1.90. The number of benzene rings is 1. The highest BCUT2D eigenvalue weighted by molar-refractivity contribution is 7.92. The third kappa shape index (κ3) is 4.11. The third-order valence-corrected chi connectivity index (χ3v) is 7.07. The zero-order chi connectivity index (χ0) is 20.7. The van der Waals surface area contributed by atoms with Crippen molar-refractivity contribution in [1.29, 1.82) is 0 Å². The molecule has 10 nitrogen and oxygen atoms in total. The Morgan fingerprint density at radius 3 is 2.79 bits per heavy atom. The molecule has 2 unspecified atom stereocenters. The highest BCUT2D eigenvalue weighted by atomic mass is 35.5. The molecule has 0 bridgehead atoms. The van der Waals surface area contributed by atoms with Gasteiger partial charge in [0.2, 0.25) is 14.2 Å². The van der Waals surface area contributed by atoms with Gasteiger partial charge in [0.15, 0.2) is 0 Å². The minimum atomic E-state index is -3.59. The topological polar surface area (TPSA) is 116 Å². The molecule has 0 saturated carbocycles. The molecule has 2 atom stereocenters. The van der Waals surface area contributed by atoms with Crippen molar-refractivity contribution in [1.82, 2.24) is 19.7 Å². The molecule has 2 heterocycles. The average molecular weight is 448 g/mol. The molecule has 0 aliphatic carbocycles. The van der Waals surface area contributed by atoms with Crippen LogP contribution in [0.4, 0.5) is 15.6 Å². The first-order chi connectivity index (χ1) is 13.0. The summed E-state index contributed by atoms with van der Waals surface area (Å²) >= 11 is 6.62. The SMILES string of the molecule is CN1CC(OC(=O)N(C)c2cccc(Cl)c2)[N+]([O-])(c2nnc(S(C)(=O)=O)s2)C1. The van der Waals surface area contributed by atoms with E-state index in [0.717, 1.165) is 6.26 Å². The van der Waals surface area contributed by atoms with Crippen molar-refractivity contribution in [3.8, 4) is 0 Å². The highest BCUT2D eigenvalue weighted by Gasteiger charge is 2.46. The van der Waals surface area contributed by atoms with E-state index < -0.39 is 26.8 Å². The number of anilines is 1. The number of hydrogen-bond donors (Lipinski definition) is 0. The zero-order valence-electron chi connectivity index (χ0n) is 15.3. The molecule has 2 aromatic rings. The van der Waals surface area contributed by atoms with Gasteiger partial charge in [-0.3, -0.25) is 9.55 Å². The lowest BCUT2D eigenvalue weighted by atomic mass is 10.3. The molecule has 28 heavy (non-hydrogen) atoms. The summed E-state index contributed by atoms with van der Waals surface area (Å²) in [6, 6.07) is 6.62. The van der Waals surface area contributed by atoms with E-state index in [2.05, 4.69) is 10.2 Å². The Kier molecular flexibility index (Phi) is 5.62. The van der Waals surface area contributed by atoms with Crippen molar-refractivity contribution < 1.29 is 17.9 Å². The fraction of sp³-hybridized carbons (Fsp3) is 0.400. The minimum Gasteiger partial charge on any atom is -0.622 e. The lowest BCUT2D eigenvalue weighted by Gasteiger charge is -2.38. The molecular weight excluding hydrogens is 430 g/mol. The van der Waals surface area contributed by atoms with Crippen LogP contribution < -0.4 is 9.55 Å². The van der Waals surface area contributed by atoms with Crippen molar-refractivity contribution in [3.63, 3.8) is 0 Å². The molecule has 0 N–H and O–H groups in total. The number of halogens is 1. The fourth-order valence-corrected chi connectivity index (χ4v) is 4.56. The number of carbonyl (C=O) groups excluding carboxylic acids is 1. The second kappa shape index (κ2) is 7.54. The fourth-order valence-electron chi connectivity index (χ4n) is 2.70. The van der Waals surface area contributed by atoms with E-state index in [1.807, 2.05) is 0 Å². The number of hydrogen-bond acceptors (Lipinski definition) is 9. The third-order valence-electron chi connectivity index (χ3n) is 4.13. The number of nitrogens with zero attached hydrogens (tertiary/aromatic N) is 5. The smallest absolute Gasteiger partial charge is 0.418 e. The summed E-state index contributed by atoms with van der Waals surface area (Å²) in [4.78, 5) is 15.5. The molecule has 1 fully saturated rings. The van der Waals surface area contributed by atoms with E-state index in [4.69, 9.17) is 16.3 Å². The van der Waals surface area contributed by atoms with Crippen LogP contribution in [0.3, 0.4) is 0 Å². The summed E-state index contributed by atoms with van der Waals surface area (Å²) < 4.78 is 27.4. The number of rotatable bonds is 4. The molecule has 1 aliphatic heterocycles. The van der Waals surface area contributed by atoms with E-state index >= 15 is 0 Å². The predicted molar refractivity (Wildman–Crippen MR) is 106 cm³/mol. The van der Waals surface area contributed by atoms with Gasteiger partial charge in [-0.15, -0.1) is 5.10 Å². The zero-order valence-corrected chi connectivity index (χ0v) is 17.7. The molecule has 1 aliphatic rings. The van der Waals surface area contributed by atoms with Crippen LogP contribution in [0.5, 0.6) is 0 Å². The van der Waals surface area contributed by atoms with Crippen molar-refractivity contribution in [2.24, 2.45) is 0 Å². The van der Waals surface area contributed by atoms with Crippen LogP contribution in [0.1, 0.15) is 0 Å². The molecule has 13 heteroatoms. The molecule has 3 rings (SSSR count). The van der Waals surface area contributed by atoms with Crippen molar-refractivity contribution >= 4 is 49.7 Å². The molecule has 152 valence electrons. The molecule has 0 radical (unpaired) electrons. The first-order valence-corrected chi connectivity index (χ1v) is 11.1. The highest BCUT2D eigenvalue weighted by Crippen LogP contribution is 2.35.